The highest BCUT2D eigenvalue weighted by Crippen LogP contribution is 2.47. The van der Waals surface area contributed by atoms with Gasteiger partial charge >= 0.3 is 6.03 Å². The third kappa shape index (κ3) is 3.34. The summed E-state index contributed by atoms with van der Waals surface area (Å²) in [5.41, 5.74) is 2.81. The zero-order valence-electron chi connectivity index (χ0n) is 15.2. The summed E-state index contributed by atoms with van der Waals surface area (Å²) in [6.45, 7) is 5.44. The van der Waals surface area contributed by atoms with E-state index in [1.54, 1.807) is 0 Å². The molecule has 1 heterocycles. The van der Waals surface area contributed by atoms with Crippen molar-refractivity contribution in [2.75, 3.05) is 18.5 Å². The molecule has 1 saturated carbocycles. The Morgan fingerprint density at radius 3 is 2.35 bits per heavy atom. The summed E-state index contributed by atoms with van der Waals surface area (Å²) in [4.78, 5) is 12.5. The topological polar surface area (TPSA) is 59.6 Å². The third-order valence-corrected chi connectivity index (χ3v) is 5.03. The number of anilines is 1. The van der Waals surface area contributed by atoms with Crippen molar-refractivity contribution in [3.8, 4) is 11.5 Å². The number of amides is 2. The molecular formula is C21H24N2O3. The molecule has 2 aromatic rings. The number of ether oxygens (including phenoxy) is 2. The fourth-order valence-electron chi connectivity index (χ4n) is 3.28. The van der Waals surface area contributed by atoms with E-state index < -0.39 is 0 Å². The van der Waals surface area contributed by atoms with Crippen LogP contribution in [-0.2, 0) is 5.54 Å². The highest BCUT2D eigenvalue weighted by atomic mass is 16.6. The number of rotatable bonds is 4. The van der Waals surface area contributed by atoms with E-state index in [9.17, 15) is 4.79 Å². The van der Waals surface area contributed by atoms with Crippen molar-refractivity contribution < 1.29 is 14.3 Å². The maximum atomic E-state index is 12.5. The van der Waals surface area contributed by atoms with Gasteiger partial charge in [0.25, 0.3) is 0 Å². The van der Waals surface area contributed by atoms with Gasteiger partial charge in [-0.1, -0.05) is 32.0 Å². The van der Waals surface area contributed by atoms with Gasteiger partial charge in [-0.15, -0.1) is 0 Å². The number of nitrogens with one attached hydrogen (secondary N) is 2. The fraction of sp³-hybridized carbons (Fsp3) is 0.381. The summed E-state index contributed by atoms with van der Waals surface area (Å²) in [6, 6.07) is 13.7. The Labute approximate surface area is 153 Å². The van der Waals surface area contributed by atoms with E-state index in [0.717, 1.165) is 35.6 Å². The first-order chi connectivity index (χ1) is 12.6. The average molecular weight is 352 g/mol. The number of carbonyl (C=O) groups is 1. The molecule has 26 heavy (non-hydrogen) atoms. The van der Waals surface area contributed by atoms with Gasteiger partial charge in [-0.25, -0.2) is 4.79 Å². The van der Waals surface area contributed by atoms with E-state index in [1.165, 1.54) is 5.56 Å². The molecule has 0 atom stereocenters. The van der Waals surface area contributed by atoms with Gasteiger partial charge in [0.05, 0.1) is 5.54 Å². The number of benzene rings is 2. The zero-order valence-corrected chi connectivity index (χ0v) is 15.2. The summed E-state index contributed by atoms with van der Waals surface area (Å²) in [5, 5.41) is 6.06. The monoisotopic (exact) mass is 352 g/mol. The van der Waals surface area contributed by atoms with Gasteiger partial charge in [0.15, 0.2) is 11.5 Å². The molecule has 4 rings (SSSR count). The van der Waals surface area contributed by atoms with Crippen molar-refractivity contribution in [2.45, 2.75) is 38.1 Å². The summed E-state index contributed by atoms with van der Waals surface area (Å²) in [7, 11) is 0. The second-order valence-electron chi connectivity index (χ2n) is 7.30. The molecule has 1 aliphatic heterocycles. The molecule has 1 aliphatic carbocycles. The second-order valence-corrected chi connectivity index (χ2v) is 7.30. The minimum Gasteiger partial charge on any atom is -0.486 e. The Bertz CT molecular complexity index is 811. The number of carbonyl (C=O) groups excluding carboxylic acids is 1. The highest BCUT2D eigenvalue weighted by molar-refractivity contribution is 5.90. The standard InChI is InChI=1S/C21H24N2O3/c1-14(2)15-3-6-17(7-4-15)22-20(24)23-21(9-10-21)16-5-8-18-19(13-16)26-12-11-25-18/h3-8,13-14H,9-12H2,1-2H3,(H2,22,23,24). The minimum absolute atomic E-state index is 0.185. The lowest BCUT2D eigenvalue weighted by molar-refractivity contribution is 0.171. The lowest BCUT2D eigenvalue weighted by atomic mass is 10.0. The van der Waals surface area contributed by atoms with Crippen LogP contribution in [0.1, 0.15) is 43.7 Å². The molecule has 5 heteroatoms. The van der Waals surface area contributed by atoms with E-state index in [2.05, 4.69) is 24.5 Å². The van der Waals surface area contributed by atoms with Gasteiger partial charge in [0.2, 0.25) is 0 Å². The van der Waals surface area contributed by atoms with Crippen LogP contribution in [0.15, 0.2) is 42.5 Å². The van der Waals surface area contributed by atoms with Crippen LogP contribution in [0.4, 0.5) is 10.5 Å². The van der Waals surface area contributed by atoms with Gasteiger partial charge in [-0.3, -0.25) is 0 Å². The van der Waals surface area contributed by atoms with Crippen LogP contribution in [0, 0.1) is 0 Å². The van der Waals surface area contributed by atoms with Crippen LogP contribution < -0.4 is 20.1 Å². The van der Waals surface area contributed by atoms with Crippen molar-refractivity contribution in [2.24, 2.45) is 0 Å². The molecule has 2 aliphatic rings. The molecule has 0 radical (unpaired) electrons. The molecule has 2 aromatic carbocycles. The third-order valence-electron chi connectivity index (χ3n) is 5.03. The number of urea groups is 1. The molecule has 1 fully saturated rings. The maximum absolute atomic E-state index is 12.5. The predicted octanol–water partition coefficient (Wildman–Crippen LogP) is 4.39. The van der Waals surface area contributed by atoms with Crippen LogP contribution in [0.5, 0.6) is 11.5 Å². The Morgan fingerprint density at radius 1 is 1.00 bits per heavy atom. The van der Waals surface area contributed by atoms with E-state index in [-0.39, 0.29) is 11.6 Å². The fourth-order valence-corrected chi connectivity index (χ4v) is 3.28. The SMILES string of the molecule is CC(C)c1ccc(NC(=O)NC2(c3ccc4c(c3)OCCO4)CC2)cc1. The molecule has 0 saturated heterocycles. The van der Waals surface area contributed by atoms with Crippen LogP contribution in [0.3, 0.4) is 0 Å². The summed E-state index contributed by atoms with van der Waals surface area (Å²) >= 11 is 0. The van der Waals surface area contributed by atoms with Crippen molar-refractivity contribution in [3.63, 3.8) is 0 Å². The largest absolute Gasteiger partial charge is 0.486 e. The molecule has 0 bridgehead atoms. The molecule has 136 valence electrons. The summed E-state index contributed by atoms with van der Waals surface area (Å²) in [6.07, 6.45) is 1.85. The van der Waals surface area contributed by atoms with E-state index in [4.69, 9.17) is 9.47 Å². The quantitative estimate of drug-likeness (QED) is 0.858. The van der Waals surface area contributed by atoms with Crippen molar-refractivity contribution in [1.82, 2.24) is 5.32 Å². The maximum Gasteiger partial charge on any atom is 0.319 e. The van der Waals surface area contributed by atoms with Gasteiger partial charge < -0.3 is 20.1 Å². The van der Waals surface area contributed by atoms with E-state index in [1.807, 2.05) is 42.5 Å². The minimum atomic E-state index is -0.308. The zero-order chi connectivity index (χ0) is 18.1. The Balaban J connectivity index is 1.44. The van der Waals surface area contributed by atoms with Gasteiger partial charge in [0, 0.05) is 5.69 Å². The first kappa shape index (κ1) is 16.8. The number of hydrogen-bond donors (Lipinski definition) is 2. The van der Waals surface area contributed by atoms with Gasteiger partial charge in [0.1, 0.15) is 13.2 Å². The molecule has 0 spiro atoms. The van der Waals surface area contributed by atoms with Crippen molar-refractivity contribution in [1.29, 1.82) is 0 Å². The first-order valence-electron chi connectivity index (χ1n) is 9.15. The average Bonchev–Trinajstić information content (AvgIpc) is 3.42. The number of hydrogen-bond acceptors (Lipinski definition) is 3. The Kier molecular flexibility index (Phi) is 4.23. The first-order valence-corrected chi connectivity index (χ1v) is 9.15. The molecule has 0 aromatic heterocycles. The molecule has 0 unspecified atom stereocenters. The second kappa shape index (κ2) is 6.56. The van der Waals surface area contributed by atoms with Gasteiger partial charge in [-0.05, 0) is 54.2 Å². The van der Waals surface area contributed by atoms with E-state index >= 15 is 0 Å². The highest BCUT2D eigenvalue weighted by Gasteiger charge is 2.46. The van der Waals surface area contributed by atoms with Crippen molar-refractivity contribution in [3.05, 3.63) is 53.6 Å². The lowest BCUT2D eigenvalue weighted by Gasteiger charge is -2.23. The lowest BCUT2D eigenvalue weighted by Crippen LogP contribution is -2.38. The Morgan fingerprint density at radius 2 is 1.69 bits per heavy atom. The molecule has 2 amide bonds. The van der Waals surface area contributed by atoms with Gasteiger partial charge in [-0.2, -0.15) is 0 Å². The van der Waals surface area contributed by atoms with Crippen LogP contribution in [-0.4, -0.2) is 19.2 Å². The summed E-state index contributed by atoms with van der Waals surface area (Å²) in [5.74, 6) is 2.00. The van der Waals surface area contributed by atoms with Crippen LogP contribution in [0.25, 0.3) is 0 Å². The smallest absolute Gasteiger partial charge is 0.319 e. The van der Waals surface area contributed by atoms with Crippen molar-refractivity contribution >= 4 is 11.7 Å². The molecule has 5 nitrogen and oxygen atoms in total. The van der Waals surface area contributed by atoms with Crippen LogP contribution in [0.2, 0.25) is 0 Å². The van der Waals surface area contributed by atoms with E-state index in [0.29, 0.717) is 19.1 Å². The summed E-state index contributed by atoms with van der Waals surface area (Å²) < 4.78 is 11.2. The number of fused-ring (bicyclic) bond motifs is 1. The normalized spacial score (nSPS) is 16.9. The van der Waals surface area contributed by atoms with Crippen LogP contribution >= 0.6 is 0 Å². The molecular weight excluding hydrogens is 328 g/mol. The Hall–Kier alpha value is -2.69. The molecule has 2 N–H and O–H groups in total. The predicted molar refractivity (Wildman–Crippen MR) is 101 cm³/mol.